The van der Waals surface area contributed by atoms with Gasteiger partial charge in [-0.1, -0.05) is 12.1 Å². The van der Waals surface area contributed by atoms with E-state index >= 15 is 0 Å². The molecule has 7 nitrogen and oxygen atoms in total. The lowest BCUT2D eigenvalue weighted by Gasteiger charge is -2.37. The fraction of sp³-hybridized carbons (Fsp3) is 0.364. The normalized spacial score (nSPS) is 14.5. The molecule has 1 aliphatic rings. The molecule has 1 fully saturated rings. The van der Waals surface area contributed by atoms with Gasteiger partial charge in [-0.2, -0.15) is 0 Å². The van der Waals surface area contributed by atoms with Crippen LogP contribution in [0.4, 0.5) is 5.69 Å². The molecule has 0 saturated carbocycles. The number of hydrogen-bond acceptors (Lipinski definition) is 4. The van der Waals surface area contributed by atoms with Crippen molar-refractivity contribution in [3.05, 3.63) is 59.7 Å². The number of guanidine groups is 1. The van der Waals surface area contributed by atoms with Crippen molar-refractivity contribution in [2.24, 2.45) is 4.99 Å². The van der Waals surface area contributed by atoms with Gasteiger partial charge in [0, 0.05) is 58.1 Å². The molecule has 3 rings (SSSR count). The smallest absolute Gasteiger partial charge is 0.251 e. The zero-order chi connectivity index (χ0) is 20.6. The topological polar surface area (TPSA) is 69.2 Å². The van der Waals surface area contributed by atoms with Gasteiger partial charge in [0.2, 0.25) is 0 Å². The summed E-state index contributed by atoms with van der Waals surface area (Å²) in [4.78, 5) is 20.7. The number of anilines is 1. The van der Waals surface area contributed by atoms with Crippen LogP contribution in [0.15, 0.2) is 53.5 Å². The molecule has 154 valence electrons. The van der Waals surface area contributed by atoms with Crippen LogP contribution in [0.2, 0.25) is 0 Å². The second kappa shape index (κ2) is 9.82. The largest absolute Gasteiger partial charge is 0.497 e. The summed E-state index contributed by atoms with van der Waals surface area (Å²) in [7, 11) is 5.13. The lowest BCUT2D eigenvalue weighted by Crippen LogP contribution is -2.52. The highest BCUT2D eigenvalue weighted by atomic mass is 16.5. The Morgan fingerprint density at radius 3 is 2.24 bits per heavy atom. The van der Waals surface area contributed by atoms with Crippen LogP contribution in [-0.4, -0.2) is 64.2 Å². The Labute approximate surface area is 172 Å². The molecular weight excluding hydrogens is 366 g/mol. The summed E-state index contributed by atoms with van der Waals surface area (Å²) in [6.45, 7) is 4.35. The highest BCUT2D eigenvalue weighted by molar-refractivity contribution is 5.93. The first-order valence-electron chi connectivity index (χ1n) is 9.80. The molecule has 7 heteroatoms. The summed E-state index contributed by atoms with van der Waals surface area (Å²) >= 11 is 0. The number of carbonyl (C=O) groups excluding carboxylic acids is 1. The number of carbonyl (C=O) groups is 1. The summed E-state index contributed by atoms with van der Waals surface area (Å²) in [5.74, 6) is 1.70. The average Bonchev–Trinajstić information content (AvgIpc) is 2.80. The van der Waals surface area contributed by atoms with Crippen LogP contribution in [0.25, 0.3) is 0 Å². The Hall–Kier alpha value is -3.22. The number of nitrogens with one attached hydrogen (secondary N) is 2. The standard InChI is InChI=1S/C22H29N5O2/c1-23-21(28)18-6-4-17(5-7-18)16-25-22(24-2)27-14-12-26(13-15-27)19-8-10-20(29-3)11-9-19/h4-11H,12-16H2,1-3H3,(H,23,28)(H,24,25). The van der Waals surface area contributed by atoms with E-state index in [9.17, 15) is 4.79 Å². The van der Waals surface area contributed by atoms with E-state index in [1.54, 1.807) is 14.2 Å². The molecule has 2 aromatic carbocycles. The van der Waals surface area contributed by atoms with Crippen LogP contribution in [0, 0.1) is 0 Å². The number of benzene rings is 2. The Morgan fingerprint density at radius 1 is 1.03 bits per heavy atom. The molecule has 0 aromatic heterocycles. The lowest BCUT2D eigenvalue weighted by molar-refractivity contribution is 0.0963. The third-order valence-electron chi connectivity index (χ3n) is 5.12. The zero-order valence-corrected chi connectivity index (χ0v) is 17.3. The molecule has 29 heavy (non-hydrogen) atoms. The maximum atomic E-state index is 11.6. The summed E-state index contributed by atoms with van der Waals surface area (Å²) in [6.07, 6.45) is 0. The molecular formula is C22H29N5O2. The van der Waals surface area contributed by atoms with E-state index < -0.39 is 0 Å². The zero-order valence-electron chi connectivity index (χ0n) is 17.3. The predicted molar refractivity (Wildman–Crippen MR) is 117 cm³/mol. The van der Waals surface area contributed by atoms with Gasteiger partial charge in [0.15, 0.2) is 5.96 Å². The first kappa shape index (κ1) is 20.5. The number of amides is 1. The number of ether oxygens (including phenoxy) is 1. The molecule has 0 aliphatic carbocycles. The van der Waals surface area contributed by atoms with E-state index in [0.717, 1.165) is 43.5 Å². The maximum Gasteiger partial charge on any atom is 0.251 e. The molecule has 1 amide bonds. The van der Waals surface area contributed by atoms with Crippen LogP contribution < -0.4 is 20.3 Å². The molecule has 0 unspecified atom stereocenters. The van der Waals surface area contributed by atoms with E-state index in [2.05, 4.69) is 37.6 Å². The van der Waals surface area contributed by atoms with E-state index in [0.29, 0.717) is 12.1 Å². The number of nitrogens with zero attached hydrogens (tertiary/aromatic N) is 3. The summed E-state index contributed by atoms with van der Waals surface area (Å²) in [5, 5.41) is 6.06. The van der Waals surface area contributed by atoms with Gasteiger partial charge in [-0.05, 0) is 42.0 Å². The van der Waals surface area contributed by atoms with Gasteiger partial charge < -0.3 is 25.2 Å². The minimum atomic E-state index is -0.0740. The van der Waals surface area contributed by atoms with Crippen LogP contribution in [0.5, 0.6) is 5.75 Å². The van der Waals surface area contributed by atoms with Gasteiger partial charge >= 0.3 is 0 Å². The van der Waals surface area contributed by atoms with Crippen molar-refractivity contribution in [1.29, 1.82) is 0 Å². The molecule has 0 radical (unpaired) electrons. The average molecular weight is 396 g/mol. The van der Waals surface area contributed by atoms with E-state index in [1.807, 2.05) is 43.4 Å². The maximum absolute atomic E-state index is 11.6. The number of rotatable bonds is 5. The SMILES string of the molecule is CN=C(NCc1ccc(C(=O)NC)cc1)N1CCN(c2ccc(OC)cc2)CC1. The van der Waals surface area contributed by atoms with Crippen molar-refractivity contribution in [2.45, 2.75) is 6.54 Å². The fourth-order valence-electron chi connectivity index (χ4n) is 3.40. The van der Waals surface area contributed by atoms with Crippen molar-refractivity contribution in [3.63, 3.8) is 0 Å². The molecule has 2 aromatic rings. The number of methoxy groups -OCH3 is 1. The molecule has 1 saturated heterocycles. The quantitative estimate of drug-likeness (QED) is 0.598. The molecule has 1 aliphatic heterocycles. The van der Waals surface area contributed by atoms with E-state index in [4.69, 9.17) is 4.74 Å². The number of aliphatic imine (C=N–C) groups is 1. The Balaban J connectivity index is 1.51. The minimum absolute atomic E-state index is 0.0740. The van der Waals surface area contributed by atoms with Crippen molar-refractivity contribution >= 4 is 17.6 Å². The van der Waals surface area contributed by atoms with Crippen molar-refractivity contribution in [3.8, 4) is 5.75 Å². The van der Waals surface area contributed by atoms with Crippen molar-refractivity contribution in [2.75, 3.05) is 52.3 Å². The van der Waals surface area contributed by atoms with Gasteiger partial charge in [0.25, 0.3) is 5.91 Å². The Bertz CT molecular complexity index is 825. The first-order valence-corrected chi connectivity index (χ1v) is 9.80. The molecule has 2 N–H and O–H groups in total. The van der Waals surface area contributed by atoms with Gasteiger partial charge in [0.1, 0.15) is 5.75 Å². The Morgan fingerprint density at radius 2 is 1.69 bits per heavy atom. The van der Waals surface area contributed by atoms with Gasteiger partial charge in [0.05, 0.1) is 7.11 Å². The van der Waals surface area contributed by atoms with Crippen LogP contribution in [0.1, 0.15) is 15.9 Å². The monoisotopic (exact) mass is 395 g/mol. The van der Waals surface area contributed by atoms with E-state index in [-0.39, 0.29) is 5.91 Å². The van der Waals surface area contributed by atoms with Gasteiger partial charge in [-0.15, -0.1) is 0 Å². The molecule has 1 heterocycles. The summed E-state index contributed by atoms with van der Waals surface area (Å²) in [6, 6.07) is 15.8. The molecule has 0 bridgehead atoms. The highest BCUT2D eigenvalue weighted by Crippen LogP contribution is 2.20. The van der Waals surface area contributed by atoms with Crippen LogP contribution in [-0.2, 0) is 6.54 Å². The second-order valence-corrected chi connectivity index (χ2v) is 6.85. The van der Waals surface area contributed by atoms with Crippen molar-refractivity contribution < 1.29 is 9.53 Å². The number of hydrogen-bond donors (Lipinski definition) is 2. The van der Waals surface area contributed by atoms with Gasteiger partial charge in [-0.3, -0.25) is 9.79 Å². The second-order valence-electron chi connectivity index (χ2n) is 6.85. The molecule has 0 spiro atoms. The Kier molecular flexibility index (Phi) is 6.94. The minimum Gasteiger partial charge on any atom is -0.497 e. The van der Waals surface area contributed by atoms with Crippen molar-refractivity contribution in [1.82, 2.24) is 15.5 Å². The lowest BCUT2D eigenvalue weighted by atomic mass is 10.1. The van der Waals surface area contributed by atoms with Gasteiger partial charge in [-0.25, -0.2) is 0 Å². The first-order chi connectivity index (χ1) is 14.1. The third-order valence-corrected chi connectivity index (χ3v) is 5.12. The van der Waals surface area contributed by atoms with E-state index in [1.165, 1.54) is 5.69 Å². The summed E-state index contributed by atoms with van der Waals surface area (Å²) in [5.41, 5.74) is 2.98. The van der Waals surface area contributed by atoms with Crippen LogP contribution in [0.3, 0.4) is 0 Å². The predicted octanol–water partition coefficient (Wildman–Crippen LogP) is 1.95. The third kappa shape index (κ3) is 5.19. The number of piperazine rings is 1. The fourth-order valence-corrected chi connectivity index (χ4v) is 3.40. The molecule has 0 atom stereocenters. The van der Waals surface area contributed by atoms with Crippen LogP contribution >= 0.6 is 0 Å². The highest BCUT2D eigenvalue weighted by Gasteiger charge is 2.19. The summed E-state index contributed by atoms with van der Waals surface area (Å²) < 4.78 is 5.24.